The second-order valence-corrected chi connectivity index (χ2v) is 10.5. The number of amides is 1. The van der Waals surface area contributed by atoms with Gasteiger partial charge in [-0.1, -0.05) is 32.8 Å². The minimum absolute atomic E-state index is 0.189. The zero-order valence-electron chi connectivity index (χ0n) is 19.7. The van der Waals surface area contributed by atoms with Gasteiger partial charge in [-0.15, -0.1) is 0 Å². The number of hydrogen-bond donors (Lipinski definition) is 1. The summed E-state index contributed by atoms with van der Waals surface area (Å²) in [6.07, 6.45) is 3.84. The Morgan fingerprint density at radius 3 is 2.39 bits per heavy atom. The van der Waals surface area contributed by atoms with E-state index in [0.29, 0.717) is 55.0 Å². The molecule has 180 valence electrons. The number of anilines is 1. The molecule has 0 atom stereocenters. The molecule has 0 radical (unpaired) electrons. The van der Waals surface area contributed by atoms with Gasteiger partial charge >= 0.3 is 0 Å². The van der Waals surface area contributed by atoms with Gasteiger partial charge in [-0.3, -0.25) is 4.79 Å². The van der Waals surface area contributed by atoms with Crippen molar-refractivity contribution in [3.05, 3.63) is 48.0 Å². The highest BCUT2D eigenvalue weighted by molar-refractivity contribution is 7.89. The molecule has 1 heterocycles. The predicted octanol–water partition coefficient (Wildman–Crippen LogP) is 4.94. The topological polar surface area (TPSA) is 84.9 Å². The zero-order valence-corrected chi connectivity index (χ0v) is 20.5. The molecule has 1 saturated heterocycles. The lowest BCUT2D eigenvalue weighted by atomic mass is 10.1. The van der Waals surface area contributed by atoms with Crippen LogP contribution in [0.25, 0.3) is 0 Å². The SMILES string of the molecule is CCOc1cc(C(=O)Nc2cccc(S(=O)(=O)N3CCCCCC3)c2)ccc1OCC(C)C. The molecule has 0 spiro atoms. The van der Waals surface area contributed by atoms with Crippen molar-refractivity contribution in [1.29, 1.82) is 0 Å². The van der Waals surface area contributed by atoms with Gasteiger partial charge in [0.1, 0.15) is 0 Å². The van der Waals surface area contributed by atoms with Crippen LogP contribution >= 0.6 is 0 Å². The van der Waals surface area contributed by atoms with Crippen molar-refractivity contribution < 1.29 is 22.7 Å². The number of nitrogens with zero attached hydrogens (tertiary/aromatic N) is 1. The Bertz CT molecular complexity index is 1040. The first-order valence-corrected chi connectivity index (χ1v) is 13.1. The molecule has 33 heavy (non-hydrogen) atoms. The standard InChI is InChI=1S/C25H34N2O5S/c1-4-31-24-16-20(12-13-23(24)32-18-19(2)3)25(28)26-21-10-9-11-22(17-21)33(29,30)27-14-7-5-6-8-15-27/h9-13,16-17,19H,4-8,14-15,18H2,1-3H3,(H,26,28). The number of hydrogen-bond acceptors (Lipinski definition) is 5. The van der Waals surface area contributed by atoms with E-state index in [2.05, 4.69) is 19.2 Å². The fraction of sp³-hybridized carbons (Fsp3) is 0.480. The number of carbonyl (C=O) groups excluding carboxylic acids is 1. The number of nitrogens with one attached hydrogen (secondary N) is 1. The van der Waals surface area contributed by atoms with Gasteiger partial charge in [0, 0.05) is 24.3 Å². The highest BCUT2D eigenvalue weighted by Gasteiger charge is 2.25. The third-order valence-corrected chi connectivity index (χ3v) is 7.27. The van der Waals surface area contributed by atoms with Crippen LogP contribution in [-0.2, 0) is 10.0 Å². The summed E-state index contributed by atoms with van der Waals surface area (Å²) in [5, 5.41) is 2.81. The molecule has 0 aliphatic carbocycles. The molecule has 2 aromatic rings. The number of rotatable bonds is 9. The smallest absolute Gasteiger partial charge is 0.255 e. The van der Waals surface area contributed by atoms with Gasteiger partial charge in [0.2, 0.25) is 10.0 Å². The zero-order chi connectivity index (χ0) is 23.8. The Hall–Kier alpha value is -2.58. The predicted molar refractivity (Wildman–Crippen MR) is 130 cm³/mol. The Kier molecular flexibility index (Phi) is 8.74. The van der Waals surface area contributed by atoms with Crippen LogP contribution in [0.1, 0.15) is 56.8 Å². The first kappa shape index (κ1) is 25.1. The van der Waals surface area contributed by atoms with Crippen molar-refractivity contribution in [2.24, 2.45) is 5.92 Å². The maximum absolute atomic E-state index is 13.1. The van der Waals surface area contributed by atoms with Gasteiger partial charge in [0.25, 0.3) is 5.91 Å². The van der Waals surface area contributed by atoms with Crippen LogP contribution in [0.5, 0.6) is 11.5 Å². The lowest BCUT2D eigenvalue weighted by molar-refractivity contribution is 0.102. The van der Waals surface area contributed by atoms with E-state index < -0.39 is 10.0 Å². The maximum atomic E-state index is 13.1. The number of ether oxygens (including phenoxy) is 2. The second kappa shape index (κ2) is 11.5. The first-order valence-electron chi connectivity index (χ1n) is 11.6. The quantitative estimate of drug-likeness (QED) is 0.557. The summed E-state index contributed by atoms with van der Waals surface area (Å²) >= 11 is 0. The molecule has 1 N–H and O–H groups in total. The molecular weight excluding hydrogens is 440 g/mol. The van der Waals surface area contributed by atoms with Gasteiger partial charge < -0.3 is 14.8 Å². The van der Waals surface area contributed by atoms with E-state index in [0.717, 1.165) is 25.7 Å². The van der Waals surface area contributed by atoms with Crippen LogP contribution in [0, 0.1) is 5.92 Å². The lowest BCUT2D eigenvalue weighted by Gasteiger charge is -2.20. The van der Waals surface area contributed by atoms with E-state index >= 15 is 0 Å². The van der Waals surface area contributed by atoms with Gasteiger partial charge in [-0.2, -0.15) is 4.31 Å². The van der Waals surface area contributed by atoms with Gasteiger partial charge in [0.05, 0.1) is 18.1 Å². The fourth-order valence-corrected chi connectivity index (χ4v) is 5.23. The summed E-state index contributed by atoms with van der Waals surface area (Å²) in [6.45, 7) is 8.04. The average Bonchev–Trinajstić information content (AvgIpc) is 3.09. The molecule has 7 nitrogen and oxygen atoms in total. The average molecular weight is 475 g/mol. The highest BCUT2D eigenvalue weighted by atomic mass is 32.2. The molecule has 1 aliphatic rings. The van der Waals surface area contributed by atoms with Crippen LogP contribution in [-0.4, -0.2) is 44.9 Å². The van der Waals surface area contributed by atoms with Crippen LogP contribution in [0.15, 0.2) is 47.4 Å². The monoisotopic (exact) mass is 474 g/mol. The van der Waals surface area contributed by atoms with Crippen molar-refractivity contribution in [1.82, 2.24) is 4.31 Å². The highest BCUT2D eigenvalue weighted by Crippen LogP contribution is 2.30. The Morgan fingerprint density at radius 2 is 1.73 bits per heavy atom. The third-order valence-electron chi connectivity index (χ3n) is 5.37. The molecular formula is C25H34N2O5S. The van der Waals surface area contributed by atoms with Crippen LogP contribution < -0.4 is 14.8 Å². The van der Waals surface area contributed by atoms with Crippen molar-refractivity contribution in [3.63, 3.8) is 0 Å². The van der Waals surface area contributed by atoms with Crippen LogP contribution in [0.4, 0.5) is 5.69 Å². The first-order chi connectivity index (χ1) is 15.8. The van der Waals surface area contributed by atoms with Gasteiger partial charge in [0.15, 0.2) is 11.5 Å². The summed E-state index contributed by atoms with van der Waals surface area (Å²) in [5.41, 5.74) is 0.824. The van der Waals surface area contributed by atoms with Crippen molar-refractivity contribution in [2.75, 3.05) is 31.6 Å². The van der Waals surface area contributed by atoms with Crippen LogP contribution in [0.2, 0.25) is 0 Å². The third kappa shape index (κ3) is 6.71. The summed E-state index contributed by atoms with van der Waals surface area (Å²) in [7, 11) is -3.60. The van der Waals surface area contributed by atoms with E-state index in [1.165, 1.54) is 6.07 Å². The van der Waals surface area contributed by atoms with E-state index in [1.54, 1.807) is 40.7 Å². The second-order valence-electron chi connectivity index (χ2n) is 8.60. The molecule has 0 aromatic heterocycles. The van der Waals surface area contributed by atoms with E-state index in [1.807, 2.05) is 6.92 Å². The molecule has 1 amide bonds. The van der Waals surface area contributed by atoms with E-state index in [-0.39, 0.29) is 10.8 Å². The Labute approximate surface area is 197 Å². The molecule has 8 heteroatoms. The fourth-order valence-electron chi connectivity index (χ4n) is 3.66. The molecule has 1 fully saturated rings. The Morgan fingerprint density at radius 1 is 1.00 bits per heavy atom. The molecule has 2 aromatic carbocycles. The summed E-state index contributed by atoms with van der Waals surface area (Å²) in [4.78, 5) is 13.1. The van der Waals surface area contributed by atoms with Crippen molar-refractivity contribution in [2.45, 2.75) is 51.3 Å². The van der Waals surface area contributed by atoms with Crippen LogP contribution in [0.3, 0.4) is 0 Å². The summed E-state index contributed by atoms with van der Waals surface area (Å²) in [6, 6.07) is 11.5. The van der Waals surface area contributed by atoms with E-state index in [4.69, 9.17) is 9.47 Å². The number of benzene rings is 2. The lowest BCUT2D eigenvalue weighted by Crippen LogP contribution is -2.32. The maximum Gasteiger partial charge on any atom is 0.255 e. The number of sulfonamides is 1. The minimum Gasteiger partial charge on any atom is -0.490 e. The normalized spacial score (nSPS) is 15.2. The number of carbonyl (C=O) groups is 1. The molecule has 3 rings (SSSR count). The van der Waals surface area contributed by atoms with E-state index in [9.17, 15) is 13.2 Å². The molecule has 0 unspecified atom stereocenters. The summed E-state index contributed by atoms with van der Waals surface area (Å²) in [5.74, 6) is 1.10. The largest absolute Gasteiger partial charge is 0.490 e. The molecule has 0 saturated carbocycles. The molecule has 1 aliphatic heterocycles. The van der Waals surface area contributed by atoms with Crippen molar-refractivity contribution in [3.8, 4) is 11.5 Å². The minimum atomic E-state index is -3.60. The van der Waals surface area contributed by atoms with Crippen molar-refractivity contribution >= 4 is 21.6 Å². The Balaban J connectivity index is 1.77. The van der Waals surface area contributed by atoms with Gasteiger partial charge in [-0.25, -0.2) is 8.42 Å². The summed E-state index contributed by atoms with van der Waals surface area (Å²) < 4.78 is 39.2. The van der Waals surface area contributed by atoms with Gasteiger partial charge in [-0.05, 0) is 62.1 Å². The molecule has 0 bridgehead atoms.